The van der Waals surface area contributed by atoms with Crippen molar-refractivity contribution >= 4 is 15.9 Å². The van der Waals surface area contributed by atoms with E-state index in [-0.39, 0.29) is 0 Å². The molecule has 0 atom stereocenters. The van der Waals surface area contributed by atoms with Gasteiger partial charge in [0, 0.05) is 16.1 Å². The third-order valence-corrected chi connectivity index (χ3v) is 3.85. The molecular formula is C18H16BrNO3. The van der Waals surface area contributed by atoms with E-state index in [1.54, 1.807) is 7.11 Å². The van der Waals surface area contributed by atoms with Crippen LogP contribution in [0.2, 0.25) is 0 Å². The zero-order chi connectivity index (χ0) is 16.1. The smallest absolute Gasteiger partial charge is 0.163 e. The molecule has 0 amide bonds. The molecule has 0 aliphatic carbocycles. The van der Waals surface area contributed by atoms with Crippen molar-refractivity contribution in [3.63, 3.8) is 0 Å². The lowest BCUT2D eigenvalue weighted by Gasteiger charge is -2.05. The van der Waals surface area contributed by atoms with Crippen LogP contribution in [0.5, 0.6) is 5.75 Å². The van der Waals surface area contributed by atoms with Gasteiger partial charge in [-0.25, -0.2) is 0 Å². The van der Waals surface area contributed by atoms with Crippen molar-refractivity contribution in [1.82, 2.24) is 5.16 Å². The Labute approximate surface area is 143 Å². The molecule has 0 N–H and O–H groups in total. The van der Waals surface area contributed by atoms with Crippen molar-refractivity contribution in [2.24, 2.45) is 0 Å². The minimum atomic E-state index is 0.373. The number of halogens is 1. The number of hydrogen-bond donors (Lipinski definition) is 0. The number of rotatable bonds is 6. The van der Waals surface area contributed by atoms with Crippen molar-refractivity contribution in [2.75, 3.05) is 7.11 Å². The van der Waals surface area contributed by atoms with Crippen LogP contribution in [0, 0.1) is 0 Å². The molecule has 0 spiro atoms. The maximum absolute atomic E-state index is 5.66. The summed E-state index contributed by atoms with van der Waals surface area (Å²) in [7, 11) is 1.64. The highest BCUT2D eigenvalue weighted by Crippen LogP contribution is 2.32. The molecular weight excluding hydrogens is 358 g/mol. The van der Waals surface area contributed by atoms with Crippen LogP contribution in [-0.2, 0) is 18.0 Å². The Morgan fingerprint density at radius 1 is 1.04 bits per heavy atom. The predicted molar refractivity (Wildman–Crippen MR) is 91.1 cm³/mol. The highest BCUT2D eigenvalue weighted by Gasteiger charge is 2.12. The fraction of sp³-hybridized carbons (Fsp3) is 0.167. The molecule has 0 aliphatic rings. The first-order valence-corrected chi connectivity index (χ1v) is 7.97. The number of hydrogen-bond acceptors (Lipinski definition) is 4. The first-order valence-electron chi connectivity index (χ1n) is 7.17. The number of benzene rings is 2. The zero-order valence-electron chi connectivity index (χ0n) is 12.7. The molecule has 118 valence electrons. The average molecular weight is 374 g/mol. The Kier molecular flexibility index (Phi) is 5.10. The summed E-state index contributed by atoms with van der Waals surface area (Å²) in [5.74, 6) is 1.43. The van der Waals surface area contributed by atoms with Gasteiger partial charge in [-0.15, -0.1) is 0 Å². The second-order valence-corrected chi connectivity index (χ2v) is 5.92. The van der Waals surface area contributed by atoms with Crippen molar-refractivity contribution in [2.45, 2.75) is 13.2 Å². The molecule has 1 aromatic heterocycles. The summed E-state index contributed by atoms with van der Waals surface area (Å²) in [5.41, 5.74) is 2.72. The van der Waals surface area contributed by atoms with Gasteiger partial charge in [0.2, 0.25) is 0 Å². The van der Waals surface area contributed by atoms with Crippen molar-refractivity contribution in [1.29, 1.82) is 0 Å². The summed E-state index contributed by atoms with van der Waals surface area (Å²) in [5, 5.41) is 4.11. The van der Waals surface area contributed by atoms with Gasteiger partial charge < -0.3 is 14.0 Å². The number of methoxy groups -OCH3 is 1. The molecule has 0 radical (unpaired) electrons. The normalized spacial score (nSPS) is 10.7. The van der Waals surface area contributed by atoms with E-state index in [0.29, 0.717) is 19.0 Å². The topological polar surface area (TPSA) is 44.5 Å². The fourth-order valence-corrected chi connectivity index (χ4v) is 2.59. The highest BCUT2D eigenvalue weighted by molar-refractivity contribution is 9.10. The minimum absolute atomic E-state index is 0.373. The van der Waals surface area contributed by atoms with Gasteiger partial charge in [0.05, 0.1) is 13.7 Å². The first-order chi connectivity index (χ1) is 11.3. The highest BCUT2D eigenvalue weighted by atomic mass is 79.9. The number of aromatic nitrogens is 1. The van der Waals surface area contributed by atoms with E-state index in [2.05, 4.69) is 21.1 Å². The molecule has 2 aromatic carbocycles. The van der Waals surface area contributed by atoms with Gasteiger partial charge in [-0.3, -0.25) is 0 Å². The second-order valence-electron chi connectivity index (χ2n) is 5.00. The number of nitrogens with zero attached hydrogens (tertiary/aromatic N) is 1. The average Bonchev–Trinajstić information content (AvgIpc) is 3.04. The van der Waals surface area contributed by atoms with Crippen molar-refractivity contribution in [3.8, 4) is 17.0 Å². The van der Waals surface area contributed by atoms with Crippen molar-refractivity contribution in [3.05, 3.63) is 70.4 Å². The summed E-state index contributed by atoms with van der Waals surface area (Å²) in [6.45, 7) is 0.912. The van der Waals surface area contributed by atoms with E-state index in [0.717, 1.165) is 27.0 Å². The van der Waals surface area contributed by atoms with Crippen LogP contribution in [-0.4, -0.2) is 12.3 Å². The molecule has 3 aromatic rings. The monoisotopic (exact) mass is 373 g/mol. The molecule has 4 nitrogen and oxygen atoms in total. The van der Waals surface area contributed by atoms with Gasteiger partial charge in [-0.05, 0) is 23.8 Å². The summed E-state index contributed by atoms with van der Waals surface area (Å²) in [6, 6.07) is 17.6. The Hall–Kier alpha value is -2.11. The van der Waals surface area contributed by atoms with Crippen LogP contribution < -0.4 is 4.74 Å². The quantitative estimate of drug-likeness (QED) is 0.620. The maximum Gasteiger partial charge on any atom is 0.163 e. The molecule has 0 bridgehead atoms. The van der Waals surface area contributed by atoms with Gasteiger partial charge in [-0.1, -0.05) is 51.4 Å². The minimum Gasteiger partial charge on any atom is -0.496 e. The van der Waals surface area contributed by atoms with E-state index in [1.807, 2.05) is 54.6 Å². The zero-order valence-corrected chi connectivity index (χ0v) is 14.2. The Morgan fingerprint density at radius 3 is 2.65 bits per heavy atom. The molecule has 5 heteroatoms. The summed E-state index contributed by atoms with van der Waals surface area (Å²) in [6.07, 6.45) is 0. The molecule has 0 fully saturated rings. The van der Waals surface area contributed by atoms with E-state index in [4.69, 9.17) is 14.0 Å². The second kappa shape index (κ2) is 7.44. The predicted octanol–water partition coefficient (Wildman–Crippen LogP) is 4.83. The first kappa shape index (κ1) is 15.8. The number of ether oxygens (including phenoxy) is 2. The van der Waals surface area contributed by atoms with Crippen LogP contribution in [0.1, 0.15) is 11.3 Å². The molecule has 3 rings (SSSR count). The Morgan fingerprint density at radius 2 is 1.87 bits per heavy atom. The summed E-state index contributed by atoms with van der Waals surface area (Å²) in [4.78, 5) is 0. The summed E-state index contributed by atoms with van der Waals surface area (Å²) >= 11 is 3.46. The van der Waals surface area contributed by atoms with Gasteiger partial charge in [-0.2, -0.15) is 0 Å². The van der Waals surface area contributed by atoms with Crippen LogP contribution in [0.4, 0.5) is 0 Å². The molecule has 1 heterocycles. The SMILES string of the molecule is COc1ccc(Br)cc1-c1cc(COCc2ccccc2)on1. The van der Waals surface area contributed by atoms with E-state index >= 15 is 0 Å². The van der Waals surface area contributed by atoms with Gasteiger partial charge in [0.25, 0.3) is 0 Å². The van der Waals surface area contributed by atoms with Crippen LogP contribution >= 0.6 is 15.9 Å². The lowest BCUT2D eigenvalue weighted by molar-refractivity contribution is 0.0884. The fourth-order valence-electron chi connectivity index (χ4n) is 2.23. The largest absolute Gasteiger partial charge is 0.496 e. The molecule has 0 saturated carbocycles. The summed E-state index contributed by atoms with van der Waals surface area (Å²) < 4.78 is 17.3. The molecule has 0 unspecified atom stereocenters. The Bertz CT molecular complexity index is 771. The molecule has 0 saturated heterocycles. The third-order valence-electron chi connectivity index (χ3n) is 3.35. The molecule has 0 aliphatic heterocycles. The van der Waals surface area contributed by atoms with Gasteiger partial charge >= 0.3 is 0 Å². The maximum atomic E-state index is 5.66. The van der Waals surface area contributed by atoms with Crippen LogP contribution in [0.15, 0.2) is 63.6 Å². The van der Waals surface area contributed by atoms with Crippen molar-refractivity contribution < 1.29 is 14.0 Å². The van der Waals surface area contributed by atoms with Gasteiger partial charge in [0.15, 0.2) is 5.76 Å². The Balaban J connectivity index is 1.67. The standard InChI is InChI=1S/C18H16BrNO3/c1-21-18-8-7-14(19)9-16(18)17-10-15(23-20-17)12-22-11-13-5-3-2-4-6-13/h2-10H,11-12H2,1H3. The van der Waals surface area contributed by atoms with Crippen LogP contribution in [0.3, 0.4) is 0 Å². The lowest BCUT2D eigenvalue weighted by atomic mass is 10.1. The van der Waals surface area contributed by atoms with E-state index < -0.39 is 0 Å². The third kappa shape index (κ3) is 4.00. The van der Waals surface area contributed by atoms with E-state index in [1.165, 1.54) is 0 Å². The van der Waals surface area contributed by atoms with Gasteiger partial charge in [0.1, 0.15) is 18.1 Å². The van der Waals surface area contributed by atoms with E-state index in [9.17, 15) is 0 Å². The van der Waals surface area contributed by atoms with Crippen LogP contribution in [0.25, 0.3) is 11.3 Å². The molecule has 23 heavy (non-hydrogen) atoms. The lowest BCUT2D eigenvalue weighted by Crippen LogP contribution is -1.92.